The molecule has 0 radical (unpaired) electrons. The molecule has 1 heterocycles. The average molecular weight is 221 g/mol. The molecule has 0 aromatic heterocycles. The van der Waals surface area contributed by atoms with E-state index in [1.807, 2.05) is 6.92 Å². The predicted molar refractivity (Wildman–Crippen MR) is 64.6 cm³/mol. The van der Waals surface area contributed by atoms with Crippen molar-refractivity contribution in [3.05, 3.63) is 29.8 Å². The van der Waals surface area contributed by atoms with E-state index in [2.05, 4.69) is 29.2 Å². The van der Waals surface area contributed by atoms with Crippen LogP contribution in [0.15, 0.2) is 24.3 Å². The molecule has 0 unspecified atom stereocenters. The zero-order valence-corrected chi connectivity index (χ0v) is 9.72. The van der Waals surface area contributed by atoms with Crippen LogP contribution in [0.4, 0.5) is 5.69 Å². The zero-order chi connectivity index (χ0) is 11.4. The van der Waals surface area contributed by atoms with Crippen LogP contribution in [0.5, 0.6) is 0 Å². The topological polar surface area (TPSA) is 32.7 Å². The fourth-order valence-electron chi connectivity index (χ4n) is 2.00. The number of aliphatic hydroxyl groups excluding tert-OH is 1. The second-order valence-electron chi connectivity index (χ2n) is 4.19. The maximum atomic E-state index is 9.47. The van der Waals surface area contributed by atoms with E-state index in [0.717, 1.165) is 26.1 Å². The van der Waals surface area contributed by atoms with Gasteiger partial charge in [-0.25, -0.2) is 0 Å². The number of nitrogens with zero attached hydrogens (tertiary/aromatic N) is 1. The Morgan fingerprint density at radius 1 is 1.38 bits per heavy atom. The van der Waals surface area contributed by atoms with Crippen LogP contribution in [0.2, 0.25) is 0 Å². The lowest BCUT2D eigenvalue weighted by molar-refractivity contribution is 0.134. The van der Waals surface area contributed by atoms with E-state index in [0.29, 0.717) is 6.61 Å². The summed E-state index contributed by atoms with van der Waals surface area (Å²) in [6.07, 6.45) is 0.712. The lowest BCUT2D eigenvalue weighted by Gasteiger charge is -2.18. The van der Waals surface area contributed by atoms with Crippen LogP contribution in [-0.4, -0.2) is 30.9 Å². The molecule has 1 aromatic carbocycles. The third kappa shape index (κ3) is 2.74. The van der Waals surface area contributed by atoms with Gasteiger partial charge in [0.25, 0.3) is 0 Å². The highest BCUT2D eigenvalue weighted by Gasteiger charge is 2.19. The molecule has 0 aliphatic carbocycles. The highest BCUT2D eigenvalue weighted by Crippen LogP contribution is 2.20. The maximum Gasteiger partial charge on any atom is 0.0731 e. The van der Waals surface area contributed by atoms with E-state index < -0.39 is 0 Å². The number of β-amino-alcohol motifs (C(OH)–C–C–N with tert-alkyl or cyclic N) is 1. The molecule has 1 atom stereocenters. The van der Waals surface area contributed by atoms with E-state index in [1.54, 1.807) is 0 Å². The lowest BCUT2D eigenvalue weighted by Crippen LogP contribution is -2.20. The van der Waals surface area contributed by atoms with E-state index in [1.165, 1.54) is 11.3 Å². The molecule has 0 spiro atoms. The molecule has 1 saturated heterocycles. The van der Waals surface area contributed by atoms with Gasteiger partial charge in [0.2, 0.25) is 0 Å². The van der Waals surface area contributed by atoms with Crippen molar-refractivity contribution in [2.45, 2.75) is 26.1 Å². The fraction of sp³-hybridized carbons (Fsp3) is 0.538. The predicted octanol–water partition coefficient (Wildman–Crippen LogP) is 1.79. The number of hydrogen-bond acceptors (Lipinski definition) is 3. The molecule has 16 heavy (non-hydrogen) atoms. The van der Waals surface area contributed by atoms with Crippen molar-refractivity contribution < 1.29 is 9.84 Å². The Labute approximate surface area is 96.6 Å². The third-order valence-corrected chi connectivity index (χ3v) is 2.94. The van der Waals surface area contributed by atoms with Gasteiger partial charge in [0.15, 0.2) is 0 Å². The van der Waals surface area contributed by atoms with E-state index >= 15 is 0 Å². The van der Waals surface area contributed by atoms with E-state index in [4.69, 9.17) is 4.74 Å². The van der Waals surface area contributed by atoms with Gasteiger partial charge in [0.05, 0.1) is 12.7 Å². The molecule has 0 saturated carbocycles. The minimum Gasteiger partial charge on any atom is -0.391 e. The Hall–Kier alpha value is -1.06. The Bertz CT molecular complexity index is 323. The summed E-state index contributed by atoms with van der Waals surface area (Å²) in [6.45, 7) is 5.14. The molecule has 0 amide bonds. The van der Waals surface area contributed by atoms with Crippen molar-refractivity contribution >= 4 is 5.69 Å². The molecular weight excluding hydrogens is 202 g/mol. The molecule has 1 aromatic rings. The van der Waals surface area contributed by atoms with Gasteiger partial charge in [-0.3, -0.25) is 0 Å². The molecule has 1 fully saturated rings. The molecular formula is C13H19NO2. The van der Waals surface area contributed by atoms with Gasteiger partial charge >= 0.3 is 0 Å². The van der Waals surface area contributed by atoms with Crippen LogP contribution in [0.1, 0.15) is 18.9 Å². The maximum absolute atomic E-state index is 9.47. The van der Waals surface area contributed by atoms with Crippen LogP contribution in [-0.2, 0) is 11.3 Å². The summed E-state index contributed by atoms with van der Waals surface area (Å²) in [5.41, 5.74) is 2.39. The van der Waals surface area contributed by atoms with Crippen LogP contribution in [0, 0.1) is 0 Å². The first-order valence-corrected chi connectivity index (χ1v) is 5.89. The Morgan fingerprint density at radius 2 is 2.12 bits per heavy atom. The molecule has 0 bridgehead atoms. The Balaban J connectivity index is 1.96. The number of ether oxygens (including phenoxy) is 1. The van der Waals surface area contributed by atoms with Crippen molar-refractivity contribution in [3.63, 3.8) is 0 Å². The average Bonchev–Trinajstić information content (AvgIpc) is 2.74. The SMILES string of the molecule is CCOCc1ccc(N2CC[C@H](O)C2)cc1. The summed E-state index contributed by atoms with van der Waals surface area (Å²) in [6, 6.07) is 8.39. The number of benzene rings is 1. The highest BCUT2D eigenvalue weighted by molar-refractivity contribution is 5.48. The van der Waals surface area contributed by atoms with E-state index in [9.17, 15) is 5.11 Å². The van der Waals surface area contributed by atoms with Gasteiger partial charge < -0.3 is 14.7 Å². The first kappa shape index (κ1) is 11.4. The second-order valence-corrected chi connectivity index (χ2v) is 4.19. The summed E-state index contributed by atoms with van der Waals surface area (Å²) >= 11 is 0. The quantitative estimate of drug-likeness (QED) is 0.841. The summed E-state index contributed by atoms with van der Waals surface area (Å²) < 4.78 is 5.35. The number of anilines is 1. The van der Waals surface area contributed by atoms with Gasteiger partial charge in [-0.1, -0.05) is 12.1 Å². The Morgan fingerprint density at radius 3 is 2.69 bits per heavy atom. The van der Waals surface area contributed by atoms with Crippen molar-refractivity contribution in [2.75, 3.05) is 24.6 Å². The number of aliphatic hydroxyl groups is 1. The number of rotatable bonds is 4. The van der Waals surface area contributed by atoms with Crippen molar-refractivity contribution in [1.29, 1.82) is 0 Å². The standard InChI is InChI=1S/C13H19NO2/c1-2-16-10-11-3-5-12(6-4-11)14-8-7-13(15)9-14/h3-6,13,15H,2,7-10H2,1H3/t13-/m0/s1. The molecule has 1 N–H and O–H groups in total. The van der Waals surface area contributed by atoms with Gasteiger partial charge in [-0.2, -0.15) is 0 Å². The van der Waals surface area contributed by atoms with Gasteiger partial charge in [0.1, 0.15) is 0 Å². The third-order valence-electron chi connectivity index (χ3n) is 2.94. The highest BCUT2D eigenvalue weighted by atomic mass is 16.5. The lowest BCUT2D eigenvalue weighted by atomic mass is 10.2. The molecule has 1 aliphatic heterocycles. The smallest absolute Gasteiger partial charge is 0.0731 e. The van der Waals surface area contributed by atoms with Crippen LogP contribution in [0.3, 0.4) is 0 Å². The van der Waals surface area contributed by atoms with Crippen molar-refractivity contribution in [3.8, 4) is 0 Å². The zero-order valence-electron chi connectivity index (χ0n) is 9.72. The minimum atomic E-state index is -0.164. The van der Waals surface area contributed by atoms with Crippen LogP contribution < -0.4 is 4.90 Å². The first-order chi connectivity index (χ1) is 7.79. The van der Waals surface area contributed by atoms with Gasteiger partial charge in [0, 0.05) is 25.4 Å². The summed E-state index contributed by atoms with van der Waals surface area (Å²) in [5.74, 6) is 0. The summed E-state index contributed by atoms with van der Waals surface area (Å²) in [4.78, 5) is 2.22. The molecule has 88 valence electrons. The minimum absolute atomic E-state index is 0.164. The molecule has 1 aliphatic rings. The van der Waals surface area contributed by atoms with E-state index in [-0.39, 0.29) is 6.10 Å². The summed E-state index contributed by atoms with van der Waals surface area (Å²) in [5, 5.41) is 9.47. The van der Waals surface area contributed by atoms with Crippen molar-refractivity contribution in [1.82, 2.24) is 0 Å². The molecule has 3 heteroatoms. The van der Waals surface area contributed by atoms with Crippen LogP contribution in [0.25, 0.3) is 0 Å². The molecule has 3 nitrogen and oxygen atoms in total. The van der Waals surface area contributed by atoms with Crippen LogP contribution >= 0.6 is 0 Å². The number of hydrogen-bond donors (Lipinski definition) is 1. The fourth-order valence-corrected chi connectivity index (χ4v) is 2.00. The molecule has 2 rings (SSSR count). The van der Waals surface area contributed by atoms with Crippen molar-refractivity contribution in [2.24, 2.45) is 0 Å². The monoisotopic (exact) mass is 221 g/mol. The Kier molecular flexibility index (Phi) is 3.80. The van der Waals surface area contributed by atoms with Gasteiger partial charge in [-0.15, -0.1) is 0 Å². The first-order valence-electron chi connectivity index (χ1n) is 5.89. The second kappa shape index (κ2) is 5.32. The normalized spacial score (nSPS) is 20.4. The summed E-state index contributed by atoms with van der Waals surface area (Å²) in [7, 11) is 0. The van der Waals surface area contributed by atoms with Gasteiger partial charge in [-0.05, 0) is 31.0 Å². The largest absolute Gasteiger partial charge is 0.391 e.